The molecule has 2 unspecified atom stereocenters. The molecule has 1 aromatic rings. The number of rotatable bonds is 9. The fraction of sp³-hybridized carbons (Fsp3) is 0.600. The molecule has 0 aliphatic heterocycles. The maximum absolute atomic E-state index is 10.7. The van der Waals surface area contributed by atoms with E-state index in [1.807, 2.05) is 12.3 Å². The molecule has 1 rings (SSSR count). The van der Waals surface area contributed by atoms with Crippen LogP contribution in [0, 0.1) is 5.92 Å². The van der Waals surface area contributed by atoms with Crippen molar-refractivity contribution in [3.05, 3.63) is 30.1 Å². The second kappa shape index (κ2) is 8.64. The standard InChI is InChI=1S/C15H24N2O2/c1-12(15(18)19)5-3-6-13(2)17-10-8-14-7-4-9-16-11-14/h4,7,9,11-13,17H,3,5-6,8,10H2,1-2H3,(H,18,19). The Hall–Kier alpha value is -1.42. The number of carboxylic acids is 1. The zero-order valence-corrected chi connectivity index (χ0v) is 11.8. The van der Waals surface area contributed by atoms with Gasteiger partial charge in [-0.15, -0.1) is 0 Å². The smallest absolute Gasteiger partial charge is 0.306 e. The van der Waals surface area contributed by atoms with Gasteiger partial charge >= 0.3 is 5.97 Å². The number of nitrogens with one attached hydrogen (secondary N) is 1. The summed E-state index contributed by atoms with van der Waals surface area (Å²) >= 11 is 0. The Morgan fingerprint density at radius 2 is 2.21 bits per heavy atom. The molecule has 106 valence electrons. The van der Waals surface area contributed by atoms with Crippen LogP contribution in [0.25, 0.3) is 0 Å². The number of hydrogen-bond acceptors (Lipinski definition) is 3. The van der Waals surface area contributed by atoms with Crippen LogP contribution in [0.4, 0.5) is 0 Å². The first-order valence-electron chi connectivity index (χ1n) is 6.94. The van der Waals surface area contributed by atoms with Crippen LogP contribution in [-0.2, 0) is 11.2 Å². The zero-order valence-electron chi connectivity index (χ0n) is 11.8. The molecular formula is C15H24N2O2. The summed E-state index contributed by atoms with van der Waals surface area (Å²) in [5.41, 5.74) is 1.24. The van der Waals surface area contributed by atoms with Gasteiger partial charge in [0.1, 0.15) is 0 Å². The molecule has 0 fully saturated rings. The summed E-state index contributed by atoms with van der Waals surface area (Å²) in [4.78, 5) is 14.8. The van der Waals surface area contributed by atoms with Crippen LogP contribution in [0.5, 0.6) is 0 Å². The van der Waals surface area contributed by atoms with E-state index in [2.05, 4.69) is 23.3 Å². The van der Waals surface area contributed by atoms with E-state index in [-0.39, 0.29) is 5.92 Å². The molecular weight excluding hydrogens is 240 g/mol. The van der Waals surface area contributed by atoms with Gasteiger partial charge in [0.25, 0.3) is 0 Å². The molecule has 0 aromatic carbocycles. The molecule has 4 nitrogen and oxygen atoms in total. The second-order valence-electron chi connectivity index (χ2n) is 5.14. The number of aromatic nitrogens is 1. The van der Waals surface area contributed by atoms with Crippen LogP contribution in [0.1, 0.15) is 38.7 Å². The van der Waals surface area contributed by atoms with Gasteiger partial charge in [0.2, 0.25) is 0 Å². The van der Waals surface area contributed by atoms with Gasteiger partial charge < -0.3 is 10.4 Å². The van der Waals surface area contributed by atoms with E-state index in [1.165, 1.54) is 5.56 Å². The predicted molar refractivity (Wildman–Crippen MR) is 76.1 cm³/mol. The van der Waals surface area contributed by atoms with E-state index in [1.54, 1.807) is 13.1 Å². The Kier molecular flexibility index (Phi) is 7.11. The van der Waals surface area contributed by atoms with Gasteiger partial charge in [-0.3, -0.25) is 9.78 Å². The van der Waals surface area contributed by atoms with Crippen LogP contribution in [0.3, 0.4) is 0 Å². The first-order chi connectivity index (χ1) is 9.09. The topological polar surface area (TPSA) is 62.2 Å². The lowest BCUT2D eigenvalue weighted by atomic mass is 10.0. The Balaban J connectivity index is 2.08. The summed E-state index contributed by atoms with van der Waals surface area (Å²) in [5.74, 6) is -0.931. The molecule has 0 radical (unpaired) electrons. The van der Waals surface area contributed by atoms with Gasteiger partial charge in [-0.1, -0.05) is 19.4 Å². The zero-order chi connectivity index (χ0) is 14.1. The number of aliphatic carboxylic acids is 1. The second-order valence-corrected chi connectivity index (χ2v) is 5.14. The molecule has 0 saturated heterocycles. The highest BCUT2D eigenvalue weighted by Gasteiger charge is 2.10. The van der Waals surface area contributed by atoms with Crippen LogP contribution in [-0.4, -0.2) is 28.6 Å². The molecule has 1 heterocycles. The summed E-state index contributed by atoms with van der Waals surface area (Å²) in [6.45, 7) is 4.85. The number of carboxylic acid groups (broad SMARTS) is 1. The average Bonchev–Trinajstić information content (AvgIpc) is 2.39. The van der Waals surface area contributed by atoms with Gasteiger partial charge in [0, 0.05) is 18.4 Å². The molecule has 0 spiro atoms. The Morgan fingerprint density at radius 1 is 1.42 bits per heavy atom. The Bertz CT molecular complexity index is 368. The van der Waals surface area contributed by atoms with E-state index in [0.717, 1.165) is 32.2 Å². The minimum Gasteiger partial charge on any atom is -0.481 e. The van der Waals surface area contributed by atoms with Crippen molar-refractivity contribution < 1.29 is 9.90 Å². The van der Waals surface area contributed by atoms with Crippen molar-refractivity contribution in [1.82, 2.24) is 10.3 Å². The molecule has 0 bridgehead atoms. The van der Waals surface area contributed by atoms with E-state index < -0.39 is 5.97 Å². The highest BCUT2D eigenvalue weighted by molar-refractivity contribution is 5.69. The maximum Gasteiger partial charge on any atom is 0.306 e. The molecule has 0 aliphatic rings. The Morgan fingerprint density at radius 3 is 2.84 bits per heavy atom. The lowest BCUT2D eigenvalue weighted by molar-refractivity contribution is -0.141. The first-order valence-corrected chi connectivity index (χ1v) is 6.94. The quantitative estimate of drug-likeness (QED) is 0.719. The van der Waals surface area contributed by atoms with E-state index in [4.69, 9.17) is 5.11 Å². The molecule has 2 N–H and O–H groups in total. The molecule has 0 saturated carbocycles. The predicted octanol–water partition coefficient (Wildman–Crippen LogP) is 2.49. The largest absolute Gasteiger partial charge is 0.481 e. The summed E-state index contributed by atoms with van der Waals surface area (Å²) < 4.78 is 0. The molecule has 0 aliphatic carbocycles. The van der Waals surface area contributed by atoms with E-state index in [0.29, 0.717) is 6.04 Å². The minimum absolute atomic E-state index is 0.234. The molecule has 19 heavy (non-hydrogen) atoms. The summed E-state index contributed by atoms with van der Waals surface area (Å²) in [6.07, 6.45) is 7.37. The fourth-order valence-electron chi connectivity index (χ4n) is 1.96. The summed E-state index contributed by atoms with van der Waals surface area (Å²) in [5, 5.41) is 12.3. The van der Waals surface area contributed by atoms with Gasteiger partial charge in [-0.25, -0.2) is 0 Å². The highest BCUT2D eigenvalue weighted by atomic mass is 16.4. The van der Waals surface area contributed by atoms with Crippen LogP contribution < -0.4 is 5.32 Å². The van der Waals surface area contributed by atoms with E-state index in [9.17, 15) is 4.79 Å². The third-order valence-electron chi connectivity index (χ3n) is 3.33. The first kappa shape index (κ1) is 15.6. The molecule has 2 atom stereocenters. The van der Waals surface area contributed by atoms with Gasteiger partial charge in [-0.05, 0) is 44.4 Å². The SMILES string of the molecule is CC(CCCC(C)C(=O)O)NCCc1cccnc1. The maximum atomic E-state index is 10.7. The van der Waals surface area contributed by atoms with Gasteiger partial charge in [-0.2, -0.15) is 0 Å². The van der Waals surface area contributed by atoms with Crippen molar-refractivity contribution >= 4 is 5.97 Å². The molecule has 1 aromatic heterocycles. The average molecular weight is 264 g/mol. The monoisotopic (exact) mass is 264 g/mol. The molecule has 0 amide bonds. The fourth-order valence-corrected chi connectivity index (χ4v) is 1.96. The van der Waals surface area contributed by atoms with Crippen LogP contribution in [0.15, 0.2) is 24.5 Å². The normalized spacial score (nSPS) is 14.0. The Labute approximate surface area is 115 Å². The van der Waals surface area contributed by atoms with Crippen molar-refractivity contribution in [3.8, 4) is 0 Å². The van der Waals surface area contributed by atoms with Crippen molar-refractivity contribution in [1.29, 1.82) is 0 Å². The number of nitrogens with zero attached hydrogens (tertiary/aromatic N) is 1. The third-order valence-corrected chi connectivity index (χ3v) is 3.33. The number of carbonyl (C=O) groups is 1. The third kappa shape index (κ3) is 6.91. The minimum atomic E-state index is -0.697. The van der Waals surface area contributed by atoms with Crippen molar-refractivity contribution in [2.75, 3.05) is 6.54 Å². The van der Waals surface area contributed by atoms with Crippen molar-refractivity contribution in [2.45, 2.75) is 45.6 Å². The summed E-state index contributed by atoms with van der Waals surface area (Å²) in [6, 6.07) is 4.46. The van der Waals surface area contributed by atoms with Gasteiger partial charge in [0.05, 0.1) is 5.92 Å². The lowest BCUT2D eigenvalue weighted by Gasteiger charge is -2.14. The van der Waals surface area contributed by atoms with Crippen molar-refractivity contribution in [3.63, 3.8) is 0 Å². The van der Waals surface area contributed by atoms with Crippen LogP contribution >= 0.6 is 0 Å². The van der Waals surface area contributed by atoms with Crippen molar-refractivity contribution in [2.24, 2.45) is 5.92 Å². The highest BCUT2D eigenvalue weighted by Crippen LogP contribution is 2.09. The van der Waals surface area contributed by atoms with Crippen LogP contribution in [0.2, 0.25) is 0 Å². The molecule has 4 heteroatoms. The number of hydrogen-bond donors (Lipinski definition) is 2. The summed E-state index contributed by atoms with van der Waals surface area (Å²) in [7, 11) is 0. The van der Waals surface area contributed by atoms with Gasteiger partial charge in [0.15, 0.2) is 0 Å². The van der Waals surface area contributed by atoms with E-state index >= 15 is 0 Å². The number of pyridine rings is 1. The lowest BCUT2D eigenvalue weighted by Crippen LogP contribution is -2.28.